The number of fused-ring (bicyclic) bond motifs is 3. The summed E-state index contributed by atoms with van der Waals surface area (Å²) < 4.78 is 5.90. The Hall–Kier alpha value is -2.61. The standard InChI is InChI=1S/C25H22ClN3O2S2/c1-15-6-11-18-21(12-15)33-25-23(18)24(27-14-28-25)31-13-22(30)29-19-4-2-3-5-20(19)32-17-9-7-16(26)8-10-17/h2-5,7-10,14-15H,6,11-13H2,1H3,(H,29,30). The first kappa shape index (κ1) is 22.2. The fourth-order valence-corrected chi connectivity index (χ4v) is 6.33. The van der Waals surface area contributed by atoms with Crippen molar-refractivity contribution < 1.29 is 9.53 Å². The van der Waals surface area contributed by atoms with E-state index in [4.69, 9.17) is 16.3 Å². The van der Waals surface area contributed by atoms with Gasteiger partial charge in [0.25, 0.3) is 5.91 Å². The van der Waals surface area contributed by atoms with Gasteiger partial charge in [0.05, 0.1) is 11.1 Å². The number of ether oxygens (including phenoxy) is 1. The number of aromatic nitrogens is 2. The Morgan fingerprint density at radius 3 is 2.88 bits per heavy atom. The molecule has 1 amide bonds. The van der Waals surface area contributed by atoms with Crippen LogP contribution in [0.4, 0.5) is 5.69 Å². The molecule has 5 rings (SSSR count). The average Bonchev–Trinajstić information content (AvgIpc) is 3.18. The highest BCUT2D eigenvalue weighted by Gasteiger charge is 2.24. The Labute approximate surface area is 205 Å². The number of para-hydroxylation sites is 1. The zero-order valence-corrected chi connectivity index (χ0v) is 20.4. The molecule has 2 aromatic heterocycles. The minimum Gasteiger partial charge on any atom is -0.467 e. The largest absolute Gasteiger partial charge is 0.467 e. The summed E-state index contributed by atoms with van der Waals surface area (Å²) >= 11 is 9.27. The molecule has 1 atom stereocenters. The normalized spacial score (nSPS) is 15.3. The van der Waals surface area contributed by atoms with Crippen molar-refractivity contribution in [1.82, 2.24) is 9.97 Å². The second kappa shape index (κ2) is 9.71. The SMILES string of the molecule is CC1CCc2c(sc3ncnc(OCC(=O)Nc4ccccc4Sc4ccc(Cl)cc4)c23)C1. The lowest BCUT2D eigenvalue weighted by Crippen LogP contribution is -2.21. The van der Waals surface area contributed by atoms with Crippen LogP contribution in [-0.2, 0) is 17.6 Å². The monoisotopic (exact) mass is 495 g/mol. The first-order chi connectivity index (χ1) is 16.1. The van der Waals surface area contributed by atoms with E-state index in [1.54, 1.807) is 23.1 Å². The predicted molar refractivity (Wildman–Crippen MR) is 135 cm³/mol. The van der Waals surface area contributed by atoms with E-state index in [2.05, 4.69) is 22.2 Å². The molecule has 0 saturated carbocycles. The summed E-state index contributed by atoms with van der Waals surface area (Å²) in [6.07, 6.45) is 4.73. The second-order valence-corrected chi connectivity index (χ2v) is 10.7. The van der Waals surface area contributed by atoms with Crippen LogP contribution < -0.4 is 10.1 Å². The molecule has 0 spiro atoms. The Morgan fingerprint density at radius 1 is 1.21 bits per heavy atom. The van der Waals surface area contributed by atoms with E-state index in [0.29, 0.717) is 16.8 Å². The lowest BCUT2D eigenvalue weighted by Gasteiger charge is -2.18. The van der Waals surface area contributed by atoms with Gasteiger partial charge in [-0.25, -0.2) is 9.97 Å². The van der Waals surface area contributed by atoms with E-state index in [-0.39, 0.29) is 12.5 Å². The minimum absolute atomic E-state index is 0.118. The van der Waals surface area contributed by atoms with Gasteiger partial charge in [-0.05, 0) is 67.1 Å². The van der Waals surface area contributed by atoms with Crippen molar-refractivity contribution >= 4 is 56.5 Å². The molecular weight excluding hydrogens is 474 g/mol. The number of carbonyl (C=O) groups excluding carboxylic acids is 1. The maximum absolute atomic E-state index is 12.7. The van der Waals surface area contributed by atoms with E-state index in [1.807, 2.05) is 48.5 Å². The van der Waals surface area contributed by atoms with Crippen LogP contribution in [0.5, 0.6) is 5.88 Å². The van der Waals surface area contributed by atoms with Gasteiger partial charge in [-0.3, -0.25) is 4.79 Å². The molecule has 33 heavy (non-hydrogen) atoms. The molecule has 8 heteroatoms. The number of benzene rings is 2. The molecule has 2 heterocycles. The van der Waals surface area contributed by atoms with Gasteiger partial charge in [-0.1, -0.05) is 42.4 Å². The fourth-order valence-electron chi connectivity index (χ4n) is 3.96. The van der Waals surface area contributed by atoms with Gasteiger partial charge in [0.1, 0.15) is 11.2 Å². The highest BCUT2D eigenvalue weighted by Crippen LogP contribution is 2.40. The number of hydrogen-bond donors (Lipinski definition) is 1. The van der Waals surface area contributed by atoms with Crippen LogP contribution in [0.2, 0.25) is 5.02 Å². The number of carbonyl (C=O) groups is 1. The molecule has 1 unspecified atom stereocenters. The molecule has 0 radical (unpaired) electrons. The van der Waals surface area contributed by atoms with Crippen molar-refractivity contribution in [2.75, 3.05) is 11.9 Å². The quantitative estimate of drug-likeness (QED) is 0.325. The topological polar surface area (TPSA) is 64.1 Å². The van der Waals surface area contributed by atoms with Crippen LogP contribution in [-0.4, -0.2) is 22.5 Å². The van der Waals surface area contributed by atoms with Crippen LogP contribution in [0.25, 0.3) is 10.2 Å². The lowest BCUT2D eigenvalue weighted by atomic mass is 9.89. The summed E-state index contributed by atoms with van der Waals surface area (Å²) in [7, 11) is 0. The van der Waals surface area contributed by atoms with Crippen molar-refractivity contribution in [2.24, 2.45) is 5.92 Å². The van der Waals surface area contributed by atoms with Gasteiger partial charge in [-0.15, -0.1) is 11.3 Å². The summed E-state index contributed by atoms with van der Waals surface area (Å²) in [6, 6.07) is 15.3. The maximum atomic E-state index is 12.7. The molecule has 0 saturated heterocycles. The van der Waals surface area contributed by atoms with E-state index in [9.17, 15) is 4.79 Å². The summed E-state index contributed by atoms with van der Waals surface area (Å²) in [5.41, 5.74) is 2.02. The summed E-state index contributed by atoms with van der Waals surface area (Å²) in [6.45, 7) is 2.16. The summed E-state index contributed by atoms with van der Waals surface area (Å²) in [5, 5.41) is 4.63. The molecule has 1 N–H and O–H groups in total. The fraction of sp³-hybridized carbons (Fsp3) is 0.240. The Morgan fingerprint density at radius 2 is 2.03 bits per heavy atom. The number of halogens is 1. The van der Waals surface area contributed by atoms with E-state index in [0.717, 1.165) is 45.0 Å². The van der Waals surface area contributed by atoms with Crippen molar-refractivity contribution in [2.45, 2.75) is 36.0 Å². The van der Waals surface area contributed by atoms with E-state index in [1.165, 1.54) is 16.8 Å². The molecule has 0 bridgehead atoms. The second-order valence-electron chi connectivity index (χ2n) is 8.10. The third-order valence-corrected chi connectivity index (χ3v) is 8.10. The third-order valence-electron chi connectivity index (χ3n) is 5.60. The van der Waals surface area contributed by atoms with Crippen LogP contribution >= 0.6 is 34.7 Å². The number of amides is 1. The number of aryl methyl sites for hydroxylation is 1. The van der Waals surface area contributed by atoms with Gasteiger partial charge in [0.2, 0.25) is 5.88 Å². The maximum Gasteiger partial charge on any atom is 0.262 e. The van der Waals surface area contributed by atoms with Gasteiger partial charge in [-0.2, -0.15) is 0 Å². The third kappa shape index (κ3) is 5.00. The van der Waals surface area contributed by atoms with Crippen LogP contribution in [0.15, 0.2) is 64.6 Å². The van der Waals surface area contributed by atoms with Crippen molar-refractivity contribution in [3.05, 3.63) is 70.3 Å². The summed E-state index contributed by atoms with van der Waals surface area (Å²) in [4.78, 5) is 25.8. The smallest absolute Gasteiger partial charge is 0.262 e. The molecule has 168 valence electrons. The number of rotatable bonds is 6. The number of nitrogens with one attached hydrogen (secondary N) is 1. The van der Waals surface area contributed by atoms with Gasteiger partial charge < -0.3 is 10.1 Å². The van der Waals surface area contributed by atoms with Crippen LogP contribution in [0.1, 0.15) is 23.8 Å². The molecule has 1 aliphatic carbocycles. The number of nitrogens with zero attached hydrogens (tertiary/aromatic N) is 2. The Bertz CT molecular complexity index is 1310. The van der Waals surface area contributed by atoms with Crippen LogP contribution in [0.3, 0.4) is 0 Å². The molecule has 2 aromatic carbocycles. The zero-order valence-electron chi connectivity index (χ0n) is 18.0. The zero-order chi connectivity index (χ0) is 22.8. The van der Waals surface area contributed by atoms with E-state index < -0.39 is 0 Å². The van der Waals surface area contributed by atoms with Crippen molar-refractivity contribution in [3.63, 3.8) is 0 Å². The molecule has 0 aliphatic heterocycles. The first-order valence-corrected chi connectivity index (χ1v) is 12.8. The summed E-state index contributed by atoms with van der Waals surface area (Å²) in [5.74, 6) is 0.939. The lowest BCUT2D eigenvalue weighted by molar-refractivity contribution is -0.118. The van der Waals surface area contributed by atoms with Crippen molar-refractivity contribution in [3.8, 4) is 5.88 Å². The number of hydrogen-bond acceptors (Lipinski definition) is 6. The Balaban J connectivity index is 1.29. The molecule has 5 nitrogen and oxygen atoms in total. The number of anilines is 1. The predicted octanol–water partition coefficient (Wildman–Crippen LogP) is 6.64. The van der Waals surface area contributed by atoms with Gasteiger partial charge in [0, 0.05) is 19.7 Å². The molecular formula is C25H22ClN3O2S2. The Kier molecular flexibility index (Phi) is 6.53. The molecule has 1 aliphatic rings. The van der Waals surface area contributed by atoms with Gasteiger partial charge >= 0.3 is 0 Å². The highest BCUT2D eigenvalue weighted by molar-refractivity contribution is 7.99. The van der Waals surface area contributed by atoms with Crippen molar-refractivity contribution in [1.29, 1.82) is 0 Å². The average molecular weight is 496 g/mol. The minimum atomic E-state index is -0.233. The number of thiophene rings is 1. The van der Waals surface area contributed by atoms with E-state index >= 15 is 0 Å². The van der Waals surface area contributed by atoms with Crippen LogP contribution in [0, 0.1) is 5.92 Å². The molecule has 0 fully saturated rings. The highest BCUT2D eigenvalue weighted by atomic mass is 35.5. The molecule has 4 aromatic rings. The first-order valence-electron chi connectivity index (χ1n) is 10.8. The van der Waals surface area contributed by atoms with Gasteiger partial charge in [0.15, 0.2) is 6.61 Å².